The van der Waals surface area contributed by atoms with Crippen LogP contribution in [0.3, 0.4) is 0 Å². The lowest BCUT2D eigenvalue weighted by Crippen LogP contribution is -2.59. The highest BCUT2D eigenvalue weighted by atomic mass is 16.4. The second-order valence-corrected chi connectivity index (χ2v) is 10.3. The third kappa shape index (κ3) is 11.2. The number of rotatable bonds is 17. The van der Waals surface area contributed by atoms with Gasteiger partial charge in [0.05, 0.1) is 6.04 Å². The van der Waals surface area contributed by atoms with Crippen molar-refractivity contribution < 1.29 is 29.4 Å². The summed E-state index contributed by atoms with van der Waals surface area (Å²) in [6.07, 6.45) is 2.21. The highest BCUT2D eigenvalue weighted by molar-refractivity contribution is 5.94. The van der Waals surface area contributed by atoms with E-state index >= 15 is 0 Å². The molecule has 0 heterocycles. The molecule has 5 unspecified atom stereocenters. The molecule has 2 aromatic carbocycles. The van der Waals surface area contributed by atoms with Crippen molar-refractivity contribution in [2.75, 3.05) is 6.54 Å². The molecule has 2 aromatic rings. The SMILES string of the molecule is CCC(C)C(NC(=O)C(N)Cc1ccccc1)C(=O)NC(CCCCN)C(=O)NC(Cc1ccc(O)cc1)C(=O)O. The van der Waals surface area contributed by atoms with E-state index in [1.54, 1.807) is 12.1 Å². The zero-order valence-electron chi connectivity index (χ0n) is 23.7. The molecule has 2 rings (SSSR count). The van der Waals surface area contributed by atoms with Crippen molar-refractivity contribution in [2.24, 2.45) is 17.4 Å². The van der Waals surface area contributed by atoms with Crippen molar-refractivity contribution in [2.45, 2.75) is 76.5 Å². The highest BCUT2D eigenvalue weighted by Crippen LogP contribution is 2.13. The molecule has 0 fully saturated rings. The van der Waals surface area contributed by atoms with Crippen molar-refractivity contribution >= 4 is 23.7 Å². The number of hydrogen-bond donors (Lipinski definition) is 7. The van der Waals surface area contributed by atoms with Gasteiger partial charge in [0.25, 0.3) is 0 Å². The van der Waals surface area contributed by atoms with Gasteiger partial charge in [0.15, 0.2) is 0 Å². The van der Waals surface area contributed by atoms with E-state index in [0.717, 1.165) is 5.56 Å². The average Bonchev–Trinajstić information content (AvgIpc) is 2.95. The maximum Gasteiger partial charge on any atom is 0.326 e. The van der Waals surface area contributed by atoms with Gasteiger partial charge in [0, 0.05) is 6.42 Å². The van der Waals surface area contributed by atoms with Gasteiger partial charge in [0.1, 0.15) is 23.9 Å². The number of unbranched alkanes of at least 4 members (excludes halogenated alkanes) is 1. The summed E-state index contributed by atoms with van der Waals surface area (Å²) >= 11 is 0. The van der Waals surface area contributed by atoms with Crippen LogP contribution in [-0.4, -0.2) is 64.6 Å². The van der Waals surface area contributed by atoms with Gasteiger partial charge >= 0.3 is 5.97 Å². The molecule has 224 valence electrons. The molecule has 0 aliphatic heterocycles. The quantitative estimate of drug-likeness (QED) is 0.138. The molecule has 0 aromatic heterocycles. The monoisotopic (exact) mass is 569 g/mol. The molecule has 0 aliphatic rings. The van der Waals surface area contributed by atoms with Crippen LogP contribution < -0.4 is 27.4 Å². The van der Waals surface area contributed by atoms with Crippen LogP contribution in [0.2, 0.25) is 0 Å². The molecule has 0 bridgehead atoms. The van der Waals surface area contributed by atoms with E-state index in [1.807, 2.05) is 44.2 Å². The van der Waals surface area contributed by atoms with Crippen molar-refractivity contribution in [3.63, 3.8) is 0 Å². The topological polar surface area (TPSA) is 197 Å². The molecule has 0 saturated carbocycles. The standard InChI is InChI=1S/C30H43N5O6/c1-3-19(2)26(35-27(37)23(32)17-20-9-5-4-6-10-20)29(39)33-24(11-7-8-16-31)28(38)34-25(30(40)41)18-21-12-14-22(36)15-13-21/h4-6,9-10,12-15,19,23-26,36H,3,7-8,11,16-18,31-32H2,1-2H3,(H,33,39)(H,34,38)(H,35,37)(H,40,41). The predicted molar refractivity (Wildman–Crippen MR) is 156 cm³/mol. The molecular weight excluding hydrogens is 526 g/mol. The number of aliphatic carboxylic acids is 1. The van der Waals surface area contributed by atoms with Gasteiger partial charge in [-0.15, -0.1) is 0 Å². The number of hydrogen-bond acceptors (Lipinski definition) is 7. The maximum atomic E-state index is 13.4. The number of carboxylic acids is 1. The smallest absolute Gasteiger partial charge is 0.326 e. The second-order valence-electron chi connectivity index (χ2n) is 10.3. The van der Waals surface area contributed by atoms with E-state index in [4.69, 9.17) is 11.5 Å². The molecule has 0 spiro atoms. The molecule has 11 heteroatoms. The predicted octanol–water partition coefficient (Wildman–Crippen LogP) is 1.22. The largest absolute Gasteiger partial charge is 0.508 e. The zero-order valence-corrected chi connectivity index (χ0v) is 23.7. The minimum absolute atomic E-state index is 0.0182. The number of nitrogens with two attached hydrogens (primary N) is 2. The summed E-state index contributed by atoms with van der Waals surface area (Å²) in [6.45, 7) is 4.09. The van der Waals surface area contributed by atoms with E-state index in [9.17, 15) is 29.4 Å². The van der Waals surface area contributed by atoms with E-state index < -0.39 is 47.9 Å². The van der Waals surface area contributed by atoms with Gasteiger partial charge in [-0.2, -0.15) is 0 Å². The third-order valence-corrected chi connectivity index (χ3v) is 7.00. The number of carbonyl (C=O) groups excluding carboxylic acids is 3. The van der Waals surface area contributed by atoms with Crippen LogP contribution in [0.25, 0.3) is 0 Å². The van der Waals surface area contributed by atoms with Crippen molar-refractivity contribution in [3.8, 4) is 5.75 Å². The third-order valence-electron chi connectivity index (χ3n) is 7.00. The Morgan fingerprint density at radius 1 is 0.805 bits per heavy atom. The van der Waals surface area contributed by atoms with Crippen LogP contribution >= 0.6 is 0 Å². The first-order valence-corrected chi connectivity index (χ1v) is 14.0. The molecule has 3 amide bonds. The Hall–Kier alpha value is -3.96. The number of nitrogens with one attached hydrogen (secondary N) is 3. The first kappa shape index (κ1) is 33.2. The Kier molecular flexibility index (Phi) is 13.8. The molecule has 5 atom stereocenters. The lowest BCUT2D eigenvalue weighted by atomic mass is 9.96. The first-order valence-electron chi connectivity index (χ1n) is 14.0. The van der Waals surface area contributed by atoms with Gasteiger partial charge in [-0.05, 0) is 61.4 Å². The number of aromatic hydroxyl groups is 1. The minimum atomic E-state index is -1.26. The first-order chi connectivity index (χ1) is 19.5. The van der Waals surface area contributed by atoms with Gasteiger partial charge in [-0.1, -0.05) is 62.7 Å². The average molecular weight is 570 g/mol. The summed E-state index contributed by atoms with van der Waals surface area (Å²) in [5.74, 6) is -3.17. The minimum Gasteiger partial charge on any atom is -0.508 e. The highest BCUT2D eigenvalue weighted by Gasteiger charge is 2.32. The van der Waals surface area contributed by atoms with Gasteiger partial charge < -0.3 is 37.6 Å². The number of phenols is 1. The van der Waals surface area contributed by atoms with Crippen LogP contribution in [0.4, 0.5) is 0 Å². The van der Waals surface area contributed by atoms with E-state index in [2.05, 4.69) is 16.0 Å². The molecule has 11 nitrogen and oxygen atoms in total. The second kappa shape index (κ2) is 17.0. The fourth-order valence-corrected chi connectivity index (χ4v) is 4.29. The molecule has 0 aliphatic carbocycles. The summed E-state index contributed by atoms with van der Waals surface area (Å²) in [7, 11) is 0. The van der Waals surface area contributed by atoms with Crippen molar-refractivity contribution in [1.82, 2.24) is 16.0 Å². The number of benzene rings is 2. The van der Waals surface area contributed by atoms with Crippen molar-refractivity contribution in [1.29, 1.82) is 0 Å². The number of carbonyl (C=O) groups is 4. The summed E-state index contributed by atoms with van der Waals surface area (Å²) in [4.78, 5) is 51.6. The maximum absolute atomic E-state index is 13.4. The van der Waals surface area contributed by atoms with Gasteiger partial charge in [-0.3, -0.25) is 14.4 Å². The summed E-state index contributed by atoms with van der Waals surface area (Å²) < 4.78 is 0. The fraction of sp³-hybridized carbons (Fsp3) is 0.467. The summed E-state index contributed by atoms with van der Waals surface area (Å²) in [5, 5.41) is 27.2. The Morgan fingerprint density at radius 3 is 2.00 bits per heavy atom. The molecule has 41 heavy (non-hydrogen) atoms. The van der Waals surface area contributed by atoms with Gasteiger partial charge in [0.2, 0.25) is 17.7 Å². The van der Waals surface area contributed by atoms with E-state index in [0.29, 0.717) is 37.8 Å². The summed E-state index contributed by atoms with van der Waals surface area (Å²) in [5.41, 5.74) is 13.2. The van der Waals surface area contributed by atoms with Crippen LogP contribution in [0, 0.1) is 5.92 Å². The fourth-order valence-electron chi connectivity index (χ4n) is 4.29. The van der Waals surface area contributed by atoms with E-state index in [-0.39, 0.29) is 24.5 Å². The molecule has 0 radical (unpaired) electrons. The van der Waals surface area contributed by atoms with E-state index in [1.165, 1.54) is 12.1 Å². The Balaban J connectivity index is 2.15. The Morgan fingerprint density at radius 2 is 1.41 bits per heavy atom. The zero-order chi connectivity index (χ0) is 30.4. The lowest BCUT2D eigenvalue weighted by molar-refractivity contribution is -0.142. The normalized spacial score (nSPS) is 14.6. The van der Waals surface area contributed by atoms with Gasteiger partial charge in [-0.25, -0.2) is 4.79 Å². The van der Waals surface area contributed by atoms with Crippen LogP contribution in [0.1, 0.15) is 50.7 Å². The Labute approximate surface area is 241 Å². The summed E-state index contributed by atoms with van der Waals surface area (Å²) in [6, 6.07) is 11.2. The molecular formula is C30H43N5O6. The number of carboxylic acid groups (broad SMARTS) is 1. The number of phenolic OH excluding ortho intramolecular Hbond substituents is 1. The molecule has 0 saturated heterocycles. The van der Waals surface area contributed by atoms with Crippen molar-refractivity contribution in [3.05, 3.63) is 65.7 Å². The Bertz CT molecular complexity index is 1130. The van der Waals surface area contributed by atoms with Crippen LogP contribution in [-0.2, 0) is 32.0 Å². The lowest BCUT2D eigenvalue weighted by Gasteiger charge is -2.28. The van der Waals surface area contributed by atoms with Crippen LogP contribution in [0.15, 0.2) is 54.6 Å². The number of amides is 3. The van der Waals surface area contributed by atoms with Crippen LogP contribution in [0.5, 0.6) is 5.75 Å². The molecule has 9 N–H and O–H groups in total.